The van der Waals surface area contributed by atoms with E-state index in [2.05, 4.69) is 43.9 Å². The summed E-state index contributed by atoms with van der Waals surface area (Å²) in [5.41, 5.74) is 4.89. The summed E-state index contributed by atoms with van der Waals surface area (Å²) in [7, 11) is 0. The lowest BCUT2D eigenvalue weighted by atomic mass is 10.7. The SMILES string of the molecule is O=C([O-])C(F)(F)F.[Br-].[C+]1=CNN=N1.[C+]1=CNN=N1. The summed E-state index contributed by atoms with van der Waals surface area (Å²) in [5.74, 6) is -3.01. The number of carboxylic acid groups (broad SMARTS) is 1. The molecule has 0 fully saturated rings. The monoisotopic (exact) mass is 328 g/mol. The molecule has 0 saturated heterocycles. The third-order valence-electron chi connectivity index (χ3n) is 0.821. The highest BCUT2D eigenvalue weighted by Crippen LogP contribution is 2.11. The summed E-state index contributed by atoms with van der Waals surface area (Å²) in [5, 5.41) is 22.0. The minimum Gasteiger partial charge on any atom is -1.00 e. The van der Waals surface area contributed by atoms with E-state index in [0.29, 0.717) is 0 Å². The number of carboxylic acids is 1. The van der Waals surface area contributed by atoms with Gasteiger partial charge in [0.2, 0.25) is 0 Å². The van der Waals surface area contributed by atoms with Crippen molar-refractivity contribution in [2.45, 2.75) is 6.18 Å². The molecule has 12 heteroatoms. The summed E-state index contributed by atoms with van der Waals surface area (Å²) in [6.07, 6.45) is 2.75. The number of hydrogen-bond donors (Lipinski definition) is 2. The molecule has 0 aromatic carbocycles. The standard InChI is InChI=1S/C2HF3O2.2C2H2N3.BrH/c3-2(4,5)1(6)7;2*1-2-4-5-3-1;/h(H,6,7);2*1H,(H,3,4,5);1H/q;2*+1;/p-2. The largest absolute Gasteiger partial charge is 1.00 e. The molecule has 2 aliphatic rings. The average molecular weight is 329 g/mol. The number of alkyl halides is 3. The second-order valence-electron chi connectivity index (χ2n) is 1.99. The summed E-state index contributed by atoms with van der Waals surface area (Å²) in [4.78, 5) is 8.78. The highest BCUT2D eigenvalue weighted by molar-refractivity contribution is 5.70. The van der Waals surface area contributed by atoms with Crippen LogP contribution in [0.4, 0.5) is 13.2 Å². The van der Waals surface area contributed by atoms with Gasteiger partial charge in [0.1, 0.15) is 16.2 Å². The van der Waals surface area contributed by atoms with Crippen molar-refractivity contribution in [1.82, 2.24) is 10.9 Å². The minimum absolute atomic E-state index is 0. The molecule has 0 saturated carbocycles. The van der Waals surface area contributed by atoms with E-state index < -0.39 is 12.1 Å². The minimum atomic E-state index is -5.19. The van der Waals surface area contributed by atoms with E-state index in [0.717, 1.165) is 0 Å². The molecule has 0 unspecified atom stereocenters. The van der Waals surface area contributed by atoms with Crippen molar-refractivity contribution in [3.63, 3.8) is 0 Å². The number of hydrogen-bond acceptors (Lipinski definition) is 8. The Morgan fingerprint density at radius 3 is 1.50 bits per heavy atom. The fourth-order valence-corrected chi connectivity index (χ4v) is 0.289. The zero-order valence-electron chi connectivity index (χ0n) is 8.27. The Hall–Kier alpha value is -2.16. The number of halogens is 4. The van der Waals surface area contributed by atoms with Crippen LogP contribution >= 0.6 is 0 Å². The maximum absolute atomic E-state index is 10.5. The lowest BCUT2D eigenvalue weighted by Gasteiger charge is -2.03. The summed E-state index contributed by atoms with van der Waals surface area (Å²) >= 11 is 0. The highest BCUT2D eigenvalue weighted by Gasteiger charge is 2.28. The van der Waals surface area contributed by atoms with Gasteiger partial charge in [0.25, 0.3) is 12.4 Å². The fraction of sp³-hybridized carbons (Fsp3) is 0.167. The number of rotatable bonds is 0. The molecule has 2 heterocycles. The number of nitrogens with zero attached hydrogens (tertiary/aromatic N) is 4. The van der Waals surface area contributed by atoms with Crippen LogP contribution in [0, 0.1) is 12.4 Å². The first-order valence-electron chi connectivity index (χ1n) is 3.67. The summed E-state index contributed by atoms with van der Waals surface area (Å²) in [6.45, 7) is 0. The second-order valence-corrected chi connectivity index (χ2v) is 1.99. The quantitative estimate of drug-likeness (QED) is 0.455. The molecule has 18 heavy (non-hydrogen) atoms. The van der Waals surface area contributed by atoms with Crippen molar-refractivity contribution in [3.8, 4) is 0 Å². The third kappa shape index (κ3) is 11.9. The Morgan fingerprint density at radius 1 is 1.11 bits per heavy atom. The van der Waals surface area contributed by atoms with Gasteiger partial charge in [-0.25, -0.2) is 10.9 Å². The molecule has 0 spiro atoms. The van der Waals surface area contributed by atoms with Crippen LogP contribution < -0.4 is 32.9 Å². The molecule has 0 bridgehead atoms. The molecule has 2 aliphatic heterocycles. The summed E-state index contributed by atoms with van der Waals surface area (Å²) in [6, 6.07) is 0. The van der Waals surface area contributed by atoms with Gasteiger partial charge in [-0.2, -0.15) is 13.2 Å². The molecule has 2 N–H and O–H groups in total. The van der Waals surface area contributed by atoms with Crippen LogP contribution in [0.3, 0.4) is 0 Å². The first kappa shape index (κ1) is 18.2. The van der Waals surface area contributed by atoms with Crippen molar-refractivity contribution >= 4 is 5.97 Å². The van der Waals surface area contributed by atoms with Gasteiger partial charge in [0.15, 0.2) is 0 Å². The number of aliphatic carboxylic acids is 1. The van der Waals surface area contributed by atoms with E-state index in [1.807, 2.05) is 0 Å². The van der Waals surface area contributed by atoms with Gasteiger partial charge in [-0.3, -0.25) is 0 Å². The van der Waals surface area contributed by atoms with E-state index in [1.54, 1.807) is 0 Å². The van der Waals surface area contributed by atoms with E-state index in [4.69, 9.17) is 9.90 Å². The Kier molecular flexibility index (Phi) is 10.1. The first-order valence-corrected chi connectivity index (χ1v) is 3.67. The molecule has 98 valence electrons. The van der Waals surface area contributed by atoms with Crippen LogP contribution in [0.2, 0.25) is 0 Å². The molecule has 0 aliphatic carbocycles. The predicted octanol–water partition coefficient (Wildman–Crippen LogP) is -3.24. The number of nitrogens with one attached hydrogen (secondary N) is 2. The van der Waals surface area contributed by atoms with Gasteiger partial charge in [-0.1, -0.05) is 0 Å². The maximum Gasteiger partial charge on any atom is 0.445 e. The fourth-order valence-electron chi connectivity index (χ4n) is 0.289. The number of carbonyl (C=O) groups excluding carboxylic acids is 1. The summed E-state index contributed by atoms with van der Waals surface area (Å²) < 4.78 is 31.5. The Morgan fingerprint density at radius 2 is 1.44 bits per heavy atom. The second kappa shape index (κ2) is 10.0. The molecule has 2 rings (SSSR count). The van der Waals surface area contributed by atoms with Crippen LogP contribution in [0.1, 0.15) is 0 Å². The zero-order valence-corrected chi connectivity index (χ0v) is 9.86. The molecular formula is C6H4BrF3N6O2. The molecule has 0 aromatic heterocycles. The normalized spacial score (nSPS) is 12.4. The smallest absolute Gasteiger partial charge is 0.445 e. The van der Waals surface area contributed by atoms with Gasteiger partial charge in [-0.05, 0) is 10.4 Å². The molecule has 8 nitrogen and oxygen atoms in total. The van der Waals surface area contributed by atoms with Gasteiger partial charge >= 0.3 is 18.6 Å². The maximum atomic E-state index is 10.5. The highest BCUT2D eigenvalue weighted by atomic mass is 79.9. The number of carbonyl (C=O) groups is 1. The predicted molar refractivity (Wildman–Crippen MR) is 42.7 cm³/mol. The van der Waals surface area contributed by atoms with Crippen LogP contribution in [-0.4, -0.2) is 12.1 Å². The van der Waals surface area contributed by atoms with E-state index in [1.165, 1.54) is 12.4 Å². The van der Waals surface area contributed by atoms with Gasteiger partial charge in [0.05, 0.1) is 0 Å². The van der Waals surface area contributed by atoms with Gasteiger partial charge in [-0.15, -0.1) is 0 Å². The third-order valence-corrected chi connectivity index (χ3v) is 0.821. The van der Waals surface area contributed by atoms with Crippen molar-refractivity contribution in [3.05, 3.63) is 24.8 Å². The Labute approximate surface area is 109 Å². The van der Waals surface area contributed by atoms with E-state index in [-0.39, 0.29) is 17.0 Å². The van der Waals surface area contributed by atoms with Gasteiger partial charge < -0.3 is 26.9 Å². The zero-order chi connectivity index (χ0) is 13.1. The Balaban J connectivity index is 0. The van der Waals surface area contributed by atoms with E-state index >= 15 is 0 Å². The van der Waals surface area contributed by atoms with E-state index in [9.17, 15) is 13.2 Å². The average Bonchev–Trinajstić information content (AvgIpc) is 2.96. The van der Waals surface area contributed by atoms with Crippen molar-refractivity contribution in [2.24, 2.45) is 20.7 Å². The lowest BCUT2D eigenvalue weighted by Crippen LogP contribution is -3.00. The Bertz CT molecular complexity index is 312. The lowest BCUT2D eigenvalue weighted by molar-refractivity contribution is -0.344. The molecule has 0 atom stereocenters. The molecule has 0 amide bonds. The van der Waals surface area contributed by atoms with Crippen molar-refractivity contribution in [1.29, 1.82) is 0 Å². The van der Waals surface area contributed by atoms with Crippen molar-refractivity contribution in [2.75, 3.05) is 0 Å². The van der Waals surface area contributed by atoms with Crippen molar-refractivity contribution < 1.29 is 40.1 Å². The van der Waals surface area contributed by atoms with Crippen LogP contribution in [0.25, 0.3) is 0 Å². The first-order chi connectivity index (χ1) is 7.94. The van der Waals surface area contributed by atoms with Crippen LogP contribution in [0.15, 0.2) is 33.1 Å². The van der Waals surface area contributed by atoms with Crippen LogP contribution in [-0.2, 0) is 4.79 Å². The molecule has 0 aromatic rings. The van der Waals surface area contributed by atoms with Gasteiger partial charge in [0, 0.05) is 0 Å². The molecule has 0 radical (unpaired) electrons. The van der Waals surface area contributed by atoms with Crippen LogP contribution in [0.5, 0.6) is 0 Å². The topological polar surface area (TPSA) is 114 Å². The molecular weight excluding hydrogens is 325 g/mol.